The molecule has 1 fully saturated rings. The first-order valence-electron chi connectivity index (χ1n) is 7.31. The average molecular weight is 319 g/mol. The Balaban J connectivity index is 1.98. The Morgan fingerprint density at radius 2 is 2.27 bits per heavy atom. The van der Waals surface area contributed by atoms with Crippen LogP contribution in [-0.2, 0) is 4.79 Å². The highest BCUT2D eigenvalue weighted by Crippen LogP contribution is 2.19. The van der Waals surface area contributed by atoms with Crippen molar-refractivity contribution in [2.24, 2.45) is 16.1 Å². The standard InChI is InChI=1S/C16H21N3O2S/c1-11(2)6-7-21-14-8-13(5-4-12(14)3)9-17-19-16-18-15(20)10-22-16/h4-5,8-9,11H,6-7,10H2,1-3H3,(H,18,19,20). The lowest BCUT2D eigenvalue weighted by Crippen LogP contribution is -2.19. The van der Waals surface area contributed by atoms with Gasteiger partial charge in [0.05, 0.1) is 18.6 Å². The van der Waals surface area contributed by atoms with Gasteiger partial charge < -0.3 is 10.1 Å². The molecule has 1 aliphatic rings. The van der Waals surface area contributed by atoms with Crippen LogP contribution in [0.25, 0.3) is 0 Å². The fraction of sp³-hybridized carbons (Fsp3) is 0.438. The van der Waals surface area contributed by atoms with Crippen molar-refractivity contribution < 1.29 is 9.53 Å². The number of amides is 1. The first-order valence-corrected chi connectivity index (χ1v) is 8.30. The predicted molar refractivity (Wildman–Crippen MR) is 91.8 cm³/mol. The van der Waals surface area contributed by atoms with Crippen molar-refractivity contribution in [3.63, 3.8) is 0 Å². The van der Waals surface area contributed by atoms with Gasteiger partial charge in [-0.15, -0.1) is 5.10 Å². The molecule has 0 aliphatic carbocycles. The smallest absolute Gasteiger partial charge is 0.236 e. The molecular formula is C16H21N3O2S. The molecule has 2 rings (SSSR count). The van der Waals surface area contributed by atoms with E-state index in [0.717, 1.165) is 23.3 Å². The highest BCUT2D eigenvalue weighted by atomic mass is 32.2. The number of nitrogens with zero attached hydrogens (tertiary/aromatic N) is 2. The minimum atomic E-state index is -0.0323. The molecule has 6 heteroatoms. The number of benzene rings is 1. The average Bonchev–Trinajstić information content (AvgIpc) is 2.87. The van der Waals surface area contributed by atoms with Gasteiger partial charge in [0, 0.05) is 0 Å². The second-order valence-electron chi connectivity index (χ2n) is 5.54. The van der Waals surface area contributed by atoms with Crippen LogP contribution in [0.4, 0.5) is 0 Å². The van der Waals surface area contributed by atoms with Crippen LogP contribution in [0.15, 0.2) is 28.4 Å². The Bertz CT molecular complexity index is 597. The topological polar surface area (TPSA) is 63.0 Å². The van der Waals surface area contributed by atoms with E-state index in [1.54, 1.807) is 6.21 Å². The third-order valence-corrected chi connectivity index (χ3v) is 3.97. The van der Waals surface area contributed by atoms with E-state index in [2.05, 4.69) is 29.4 Å². The number of carbonyl (C=O) groups is 1. The molecule has 1 aliphatic heterocycles. The second-order valence-corrected chi connectivity index (χ2v) is 6.51. The SMILES string of the molecule is Cc1ccc(C=NN=C2NC(=O)CS2)cc1OCCC(C)C. The molecule has 1 amide bonds. The summed E-state index contributed by atoms with van der Waals surface area (Å²) >= 11 is 1.36. The maximum atomic E-state index is 11.0. The second kappa shape index (κ2) is 7.98. The molecule has 5 nitrogen and oxygen atoms in total. The molecule has 1 saturated heterocycles. The van der Waals surface area contributed by atoms with Gasteiger partial charge in [-0.2, -0.15) is 5.10 Å². The van der Waals surface area contributed by atoms with Gasteiger partial charge in [-0.25, -0.2) is 0 Å². The van der Waals surface area contributed by atoms with Crippen LogP contribution in [0.1, 0.15) is 31.4 Å². The van der Waals surface area contributed by atoms with E-state index >= 15 is 0 Å². The number of rotatable bonds is 6. The highest BCUT2D eigenvalue weighted by molar-refractivity contribution is 8.15. The molecule has 22 heavy (non-hydrogen) atoms. The fourth-order valence-electron chi connectivity index (χ4n) is 1.78. The Morgan fingerprint density at radius 3 is 2.95 bits per heavy atom. The molecule has 0 unspecified atom stereocenters. The number of aryl methyl sites for hydroxylation is 1. The minimum Gasteiger partial charge on any atom is -0.493 e. The highest BCUT2D eigenvalue weighted by Gasteiger charge is 2.15. The number of thioether (sulfide) groups is 1. The van der Waals surface area contributed by atoms with E-state index in [1.807, 2.05) is 25.1 Å². The van der Waals surface area contributed by atoms with Gasteiger partial charge in [-0.1, -0.05) is 37.7 Å². The summed E-state index contributed by atoms with van der Waals surface area (Å²) < 4.78 is 5.82. The number of hydrogen-bond donors (Lipinski definition) is 1. The van der Waals surface area contributed by atoms with Crippen LogP contribution in [0, 0.1) is 12.8 Å². The van der Waals surface area contributed by atoms with Gasteiger partial charge in [0.25, 0.3) is 0 Å². The molecule has 0 bridgehead atoms. The number of hydrogen-bond acceptors (Lipinski definition) is 5. The summed E-state index contributed by atoms with van der Waals surface area (Å²) in [5, 5.41) is 11.2. The van der Waals surface area contributed by atoms with E-state index in [0.29, 0.717) is 23.4 Å². The molecule has 0 spiro atoms. The fourth-order valence-corrected chi connectivity index (χ4v) is 2.42. The molecule has 0 saturated carbocycles. The van der Waals surface area contributed by atoms with Crippen molar-refractivity contribution >= 4 is 29.1 Å². The van der Waals surface area contributed by atoms with Gasteiger partial charge in [-0.3, -0.25) is 4.79 Å². The Hall–Kier alpha value is -1.82. The molecule has 0 aromatic heterocycles. The maximum Gasteiger partial charge on any atom is 0.236 e. The van der Waals surface area contributed by atoms with Crippen LogP contribution in [-0.4, -0.2) is 29.6 Å². The zero-order chi connectivity index (χ0) is 15.9. The molecule has 1 aromatic rings. The van der Waals surface area contributed by atoms with E-state index in [1.165, 1.54) is 11.8 Å². The summed E-state index contributed by atoms with van der Waals surface area (Å²) in [6, 6.07) is 5.93. The van der Waals surface area contributed by atoms with E-state index in [4.69, 9.17) is 4.74 Å². The summed E-state index contributed by atoms with van der Waals surface area (Å²) in [7, 11) is 0. The maximum absolute atomic E-state index is 11.0. The van der Waals surface area contributed by atoms with Crippen LogP contribution in [0.3, 0.4) is 0 Å². The number of ether oxygens (including phenoxy) is 1. The largest absolute Gasteiger partial charge is 0.493 e. The minimum absolute atomic E-state index is 0.0323. The Morgan fingerprint density at radius 1 is 1.45 bits per heavy atom. The van der Waals surface area contributed by atoms with Crippen molar-refractivity contribution in [2.75, 3.05) is 12.4 Å². The Labute approximate surface area is 135 Å². The zero-order valence-corrected chi connectivity index (χ0v) is 13.9. The van der Waals surface area contributed by atoms with Gasteiger partial charge in [0.2, 0.25) is 5.91 Å². The molecule has 1 aromatic carbocycles. The molecule has 118 valence electrons. The van der Waals surface area contributed by atoms with Gasteiger partial charge in [-0.05, 0) is 36.5 Å². The van der Waals surface area contributed by atoms with Crippen molar-refractivity contribution in [2.45, 2.75) is 27.2 Å². The van der Waals surface area contributed by atoms with Gasteiger partial charge in [0.1, 0.15) is 5.75 Å². The predicted octanol–water partition coefficient (Wildman–Crippen LogP) is 2.97. The summed E-state index contributed by atoms with van der Waals surface area (Å²) in [6.45, 7) is 7.09. The van der Waals surface area contributed by atoms with Crippen LogP contribution < -0.4 is 10.1 Å². The van der Waals surface area contributed by atoms with E-state index < -0.39 is 0 Å². The van der Waals surface area contributed by atoms with Crippen molar-refractivity contribution in [3.8, 4) is 5.75 Å². The molecule has 1 N–H and O–H groups in total. The Kier molecular flexibility index (Phi) is 6.00. The molecule has 1 heterocycles. The van der Waals surface area contributed by atoms with Crippen molar-refractivity contribution in [3.05, 3.63) is 29.3 Å². The summed E-state index contributed by atoms with van der Waals surface area (Å²) in [5.41, 5.74) is 2.02. The molecule has 0 atom stereocenters. The molecular weight excluding hydrogens is 298 g/mol. The van der Waals surface area contributed by atoms with E-state index in [-0.39, 0.29) is 5.91 Å². The van der Waals surface area contributed by atoms with Crippen LogP contribution >= 0.6 is 11.8 Å². The number of nitrogens with one attached hydrogen (secondary N) is 1. The lowest BCUT2D eigenvalue weighted by Gasteiger charge is -2.11. The van der Waals surface area contributed by atoms with E-state index in [9.17, 15) is 4.79 Å². The molecule has 0 radical (unpaired) electrons. The zero-order valence-electron chi connectivity index (χ0n) is 13.1. The normalized spacial score (nSPS) is 16.7. The van der Waals surface area contributed by atoms with Crippen molar-refractivity contribution in [1.82, 2.24) is 5.32 Å². The third-order valence-electron chi connectivity index (χ3n) is 3.11. The van der Waals surface area contributed by atoms with Crippen LogP contribution in [0.2, 0.25) is 0 Å². The lowest BCUT2D eigenvalue weighted by atomic mass is 10.1. The summed E-state index contributed by atoms with van der Waals surface area (Å²) in [6.07, 6.45) is 2.69. The van der Waals surface area contributed by atoms with Crippen LogP contribution in [0.5, 0.6) is 5.75 Å². The third kappa shape index (κ3) is 5.18. The first-order chi connectivity index (χ1) is 10.5. The number of carbonyl (C=O) groups excluding carboxylic acids is 1. The summed E-state index contributed by atoms with van der Waals surface area (Å²) in [5.74, 6) is 1.88. The first kappa shape index (κ1) is 16.5. The van der Waals surface area contributed by atoms with Gasteiger partial charge in [0.15, 0.2) is 5.17 Å². The summed E-state index contributed by atoms with van der Waals surface area (Å²) in [4.78, 5) is 11.0. The monoisotopic (exact) mass is 319 g/mol. The number of amidine groups is 1. The van der Waals surface area contributed by atoms with Gasteiger partial charge >= 0.3 is 0 Å². The lowest BCUT2D eigenvalue weighted by molar-refractivity contribution is -0.116. The van der Waals surface area contributed by atoms with Crippen molar-refractivity contribution in [1.29, 1.82) is 0 Å². The quantitative estimate of drug-likeness (QED) is 0.647.